The summed E-state index contributed by atoms with van der Waals surface area (Å²) in [7, 11) is 2.21. The van der Waals surface area contributed by atoms with Gasteiger partial charge in [-0.1, -0.05) is 29.8 Å². The van der Waals surface area contributed by atoms with E-state index in [9.17, 15) is 4.79 Å². The first kappa shape index (κ1) is 18.7. The van der Waals surface area contributed by atoms with Gasteiger partial charge in [-0.05, 0) is 52.6 Å². The van der Waals surface area contributed by atoms with Gasteiger partial charge in [0, 0.05) is 23.7 Å². The number of primary amides is 1. The van der Waals surface area contributed by atoms with Crippen LogP contribution in [0.25, 0.3) is 0 Å². The van der Waals surface area contributed by atoms with Crippen LogP contribution in [0.4, 0.5) is 10.5 Å². The van der Waals surface area contributed by atoms with Gasteiger partial charge in [-0.25, -0.2) is 4.79 Å². The van der Waals surface area contributed by atoms with E-state index in [1.54, 1.807) is 11.1 Å². The van der Waals surface area contributed by atoms with E-state index in [1.807, 2.05) is 38.1 Å². The summed E-state index contributed by atoms with van der Waals surface area (Å²) in [6.45, 7) is 3.85. The number of hydrogen-bond acceptors (Lipinski definition) is 4. The molecule has 0 radical (unpaired) electrons. The molecular weight excluding hydrogens is 328 g/mol. The molecule has 3 rings (SSSR count). The number of amides is 2. The second-order valence-corrected chi connectivity index (χ2v) is 7.68. The van der Waals surface area contributed by atoms with E-state index in [4.69, 9.17) is 10.6 Å². The van der Waals surface area contributed by atoms with Gasteiger partial charge >= 0.3 is 6.03 Å². The van der Waals surface area contributed by atoms with Gasteiger partial charge in [-0.2, -0.15) is 0 Å². The maximum absolute atomic E-state index is 12.4. The molecule has 2 amide bonds. The van der Waals surface area contributed by atoms with Crippen LogP contribution in [0.1, 0.15) is 51.5 Å². The first-order valence-corrected chi connectivity index (χ1v) is 9.56. The number of piperidine rings is 2. The lowest BCUT2D eigenvalue weighted by Gasteiger charge is -2.49. The highest BCUT2D eigenvalue weighted by molar-refractivity contribution is 5.98. The minimum absolute atomic E-state index is 0.0129. The number of nitrogens with two attached hydrogens (primary N) is 1. The predicted molar refractivity (Wildman–Crippen MR) is 105 cm³/mol. The summed E-state index contributed by atoms with van der Waals surface area (Å²) in [5.74, 6) is 0. The van der Waals surface area contributed by atoms with E-state index in [1.165, 1.54) is 19.3 Å². The van der Waals surface area contributed by atoms with Crippen molar-refractivity contribution in [2.75, 3.05) is 11.9 Å². The molecule has 0 aromatic heterocycles. The maximum Gasteiger partial charge on any atom is 0.319 e. The highest BCUT2D eigenvalue weighted by atomic mass is 16.6. The molecular formula is C20H30N4O2. The largest absolute Gasteiger partial charge is 0.393 e. The van der Waals surface area contributed by atoms with Crippen molar-refractivity contribution < 1.29 is 9.63 Å². The molecule has 2 heterocycles. The number of anilines is 1. The van der Waals surface area contributed by atoms with Crippen LogP contribution in [-0.4, -0.2) is 48.4 Å². The minimum atomic E-state index is -0.400. The van der Waals surface area contributed by atoms with Gasteiger partial charge < -0.3 is 15.5 Å². The van der Waals surface area contributed by atoms with Crippen LogP contribution in [-0.2, 0) is 4.84 Å². The van der Waals surface area contributed by atoms with Gasteiger partial charge in [-0.3, -0.25) is 4.90 Å². The normalized spacial score (nSPS) is 26.2. The van der Waals surface area contributed by atoms with Crippen molar-refractivity contribution in [3.63, 3.8) is 0 Å². The molecule has 142 valence electrons. The van der Waals surface area contributed by atoms with Crippen molar-refractivity contribution in [3.8, 4) is 0 Å². The van der Waals surface area contributed by atoms with Gasteiger partial charge in [0.15, 0.2) is 0 Å². The molecule has 2 unspecified atom stereocenters. The second-order valence-electron chi connectivity index (χ2n) is 7.68. The summed E-state index contributed by atoms with van der Waals surface area (Å²) in [6.07, 6.45) is 7.27. The minimum Gasteiger partial charge on any atom is -0.393 e. The van der Waals surface area contributed by atoms with Crippen LogP contribution < -0.4 is 10.6 Å². The monoisotopic (exact) mass is 358 g/mol. The number of nitrogens with zero attached hydrogens (tertiary/aromatic N) is 3. The number of benzene rings is 1. The molecule has 0 spiro atoms. The Hall–Kier alpha value is -2.08. The molecule has 2 N–H and O–H groups in total. The molecule has 1 aromatic rings. The number of fused-ring (bicyclic) bond motifs is 2. The standard InChI is InChI=1S/C20H30N4O2/c1-14(2)26-22-13-15-7-4-5-10-19(15)24(20(21)25)18-11-16-8-6-9-17(12-18)23(16)3/h4-5,7,10,13-14,16-18H,6,8-9,11-12H2,1-3H3,(H2,21,25). The third-order valence-corrected chi connectivity index (χ3v) is 5.58. The third kappa shape index (κ3) is 4.01. The molecule has 2 atom stereocenters. The SMILES string of the molecule is CC(C)ON=Cc1ccccc1N(C(N)=O)C1CC2CCCC(C1)N2C. The summed E-state index contributed by atoms with van der Waals surface area (Å²) >= 11 is 0. The van der Waals surface area contributed by atoms with Crippen LogP contribution in [0, 0.1) is 0 Å². The summed E-state index contributed by atoms with van der Waals surface area (Å²) in [5.41, 5.74) is 7.48. The molecule has 1 aromatic carbocycles. The number of para-hydroxylation sites is 1. The maximum atomic E-state index is 12.4. The molecule has 2 bridgehead atoms. The van der Waals surface area contributed by atoms with Gasteiger partial charge in [0.05, 0.1) is 11.9 Å². The van der Waals surface area contributed by atoms with Crippen molar-refractivity contribution in [1.29, 1.82) is 0 Å². The van der Waals surface area contributed by atoms with Gasteiger partial charge in [0.1, 0.15) is 6.10 Å². The first-order chi connectivity index (χ1) is 12.5. The number of urea groups is 1. The van der Waals surface area contributed by atoms with Crippen molar-refractivity contribution in [1.82, 2.24) is 4.90 Å². The number of hydrogen-bond donors (Lipinski definition) is 1. The molecule has 0 aliphatic carbocycles. The number of oxime groups is 1. The van der Waals surface area contributed by atoms with Gasteiger partial charge in [0.25, 0.3) is 0 Å². The lowest BCUT2D eigenvalue weighted by atomic mass is 9.81. The van der Waals surface area contributed by atoms with Crippen molar-refractivity contribution >= 4 is 17.9 Å². The van der Waals surface area contributed by atoms with Crippen LogP contribution in [0.2, 0.25) is 0 Å². The Morgan fingerprint density at radius 1 is 1.31 bits per heavy atom. The Kier molecular flexibility index (Phi) is 5.81. The highest BCUT2D eigenvalue weighted by Crippen LogP contribution is 2.36. The number of carbonyl (C=O) groups excluding carboxylic acids is 1. The molecule has 2 saturated heterocycles. The molecule has 6 nitrogen and oxygen atoms in total. The van der Waals surface area contributed by atoms with E-state index in [2.05, 4.69) is 17.1 Å². The zero-order valence-electron chi connectivity index (χ0n) is 16.0. The molecule has 26 heavy (non-hydrogen) atoms. The van der Waals surface area contributed by atoms with E-state index in [-0.39, 0.29) is 12.1 Å². The zero-order valence-corrected chi connectivity index (χ0v) is 16.0. The van der Waals surface area contributed by atoms with Gasteiger partial charge in [-0.15, -0.1) is 0 Å². The second kappa shape index (κ2) is 8.08. The summed E-state index contributed by atoms with van der Waals surface area (Å²) < 4.78 is 0. The van der Waals surface area contributed by atoms with E-state index in [0.29, 0.717) is 12.1 Å². The van der Waals surface area contributed by atoms with E-state index < -0.39 is 6.03 Å². The molecule has 6 heteroatoms. The Labute approximate surface area is 156 Å². The lowest BCUT2D eigenvalue weighted by Crippen LogP contribution is -2.57. The molecule has 2 aliphatic heterocycles. The summed E-state index contributed by atoms with van der Waals surface area (Å²) in [4.78, 5) is 21.9. The third-order valence-electron chi connectivity index (χ3n) is 5.58. The number of rotatable bonds is 5. The van der Waals surface area contributed by atoms with Crippen LogP contribution in [0.3, 0.4) is 0 Å². The van der Waals surface area contributed by atoms with Crippen molar-refractivity contribution in [3.05, 3.63) is 29.8 Å². The topological polar surface area (TPSA) is 71.2 Å². The van der Waals surface area contributed by atoms with Crippen LogP contribution >= 0.6 is 0 Å². The summed E-state index contributed by atoms with van der Waals surface area (Å²) in [5, 5.41) is 4.05. The fourth-order valence-electron chi connectivity index (χ4n) is 4.32. The Balaban J connectivity index is 1.87. The molecule has 2 aliphatic rings. The quantitative estimate of drug-likeness (QED) is 0.648. The Bertz CT molecular complexity index is 647. The summed E-state index contributed by atoms with van der Waals surface area (Å²) in [6, 6.07) is 8.52. The van der Waals surface area contributed by atoms with E-state index >= 15 is 0 Å². The average Bonchev–Trinajstić information content (AvgIpc) is 2.56. The Morgan fingerprint density at radius 3 is 2.58 bits per heavy atom. The average molecular weight is 358 g/mol. The first-order valence-electron chi connectivity index (χ1n) is 9.56. The van der Waals surface area contributed by atoms with Crippen LogP contribution in [0.5, 0.6) is 0 Å². The van der Waals surface area contributed by atoms with Crippen molar-refractivity contribution in [2.45, 2.75) is 70.2 Å². The smallest absolute Gasteiger partial charge is 0.319 e. The molecule has 2 fully saturated rings. The Morgan fingerprint density at radius 2 is 1.96 bits per heavy atom. The zero-order chi connectivity index (χ0) is 18.7. The predicted octanol–water partition coefficient (Wildman–Crippen LogP) is 3.35. The number of carbonyl (C=O) groups is 1. The fraction of sp³-hybridized carbons (Fsp3) is 0.600. The van der Waals surface area contributed by atoms with E-state index in [0.717, 1.165) is 24.1 Å². The lowest BCUT2D eigenvalue weighted by molar-refractivity contribution is 0.0564. The fourth-order valence-corrected chi connectivity index (χ4v) is 4.32. The molecule has 0 saturated carbocycles. The van der Waals surface area contributed by atoms with Gasteiger partial charge in [0.2, 0.25) is 0 Å². The van der Waals surface area contributed by atoms with Crippen molar-refractivity contribution in [2.24, 2.45) is 10.9 Å². The highest BCUT2D eigenvalue weighted by Gasteiger charge is 2.39. The van der Waals surface area contributed by atoms with Crippen LogP contribution in [0.15, 0.2) is 29.4 Å².